The number of amides is 1. The van der Waals surface area contributed by atoms with Gasteiger partial charge in [0, 0.05) is 18.6 Å². The van der Waals surface area contributed by atoms with Crippen molar-refractivity contribution >= 4 is 33.2 Å². The summed E-state index contributed by atoms with van der Waals surface area (Å²) in [6.45, 7) is -0.259. The van der Waals surface area contributed by atoms with Gasteiger partial charge in [-0.1, -0.05) is 30.3 Å². The fourth-order valence-electron chi connectivity index (χ4n) is 2.29. The molecular formula is C18H21ClN2O3S. The van der Waals surface area contributed by atoms with E-state index in [9.17, 15) is 13.2 Å². The summed E-state index contributed by atoms with van der Waals surface area (Å²) in [7, 11) is -2.33. The van der Waals surface area contributed by atoms with Gasteiger partial charge in [-0.25, -0.2) is 8.42 Å². The normalized spacial score (nSPS) is 11.5. The van der Waals surface area contributed by atoms with Crippen molar-refractivity contribution in [3.63, 3.8) is 0 Å². The number of alkyl halides is 1. The Morgan fingerprint density at radius 3 is 2.32 bits per heavy atom. The molecule has 25 heavy (non-hydrogen) atoms. The Morgan fingerprint density at radius 2 is 1.72 bits per heavy atom. The van der Waals surface area contributed by atoms with Crippen molar-refractivity contribution in [2.75, 3.05) is 24.8 Å². The number of nitrogens with one attached hydrogen (secondary N) is 1. The molecule has 0 aliphatic heterocycles. The maximum absolute atomic E-state index is 12.6. The fourth-order valence-corrected chi connectivity index (χ4v) is 3.55. The lowest BCUT2D eigenvalue weighted by Gasteiger charge is -2.17. The quantitative estimate of drug-likeness (QED) is 0.715. The van der Waals surface area contributed by atoms with Gasteiger partial charge in [-0.15, -0.1) is 11.6 Å². The summed E-state index contributed by atoms with van der Waals surface area (Å²) in [6, 6.07) is 15.6. The van der Waals surface area contributed by atoms with E-state index in [1.165, 1.54) is 7.05 Å². The molecule has 2 aromatic rings. The van der Waals surface area contributed by atoms with Crippen molar-refractivity contribution in [1.82, 2.24) is 4.31 Å². The molecule has 0 unspecified atom stereocenters. The van der Waals surface area contributed by atoms with Crippen LogP contribution in [0.25, 0.3) is 0 Å². The van der Waals surface area contributed by atoms with Gasteiger partial charge < -0.3 is 5.32 Å². The number of para-hydroxylation sites is 1. The van der Waals surface area contributed by atoms with Crippen molar-refractivity contribution in [2.24, 2.45) is 0 Å². The highest BCUT2D eigenvalue weighted by molar-refractivity contribution is 7.89. The van der Waals surface area contributed by atoms with Gasteiger partial charge in [-0.2, -0.15) is 4.31 Å². The average molecular weight is 381 g/mol. The van der Waals surface area contributed by atoms with Crippen LogP contribution >= 0.6 is 11.6 Å². The largest absolute Gasteiger partial charge is 0.325 e. The molecule has 0 heterocycles. The summed E-state index contributed by atoms with van der Waals surface area (Å²) in [6.07, 6.45) is 1.65. The van der Waals surface area contributed by atoms with E-state index < -0.39 is 15.9 Å². The Kier molecular flexibility index (Phi) is 6.99. The molecule has 0 aromatic heterocycles. The molecule has 0 aliphatic rings. The van der Waals surface area contributed by atoms with Gasteiger partial charge in [-0.3, -0.25) is 4.79 Å². The number of benzene rings is 2. The Balaban J connectivity index is 2.01. The first-order chi connectivity index (χ1) is 11.9. The zero-order chi connectivity index (χ0) is 18.3. The highest BCUT2D eigenvalue weighted by Gasteiger charge is 2.22. The lowest BCUT2D eigenvalue weighted by molar-refractivity contribution is -0.116. The molecule has 2 rings (SSSR count). The Bertz CT molecular complexity index is 793. The average Bonchev–Trinajstić information content (AvgIpc) is 2.61. The number of aryl methyl sites for hydroxylation is 1. The summed E-state index contributed by atoms with van der Waals surface area (Å²) in [5.74, 6) is 0.176. The zero-order valence-corrected chi connectivity index (χ0v) is 15.6. The van der Waals surface area contributed by atoms with E-state index in [2.05, 4.69) is 5.32 Å². The maximum Gasteiger partial charge on any atom is 0.243 e. The second-order valence-corrected chi connectivity index (χ2v) is 8.03. The molecular weight excluding hydrogens is 360 g/mol. The zero-order valence-electron chi connectivity index (χ0n) is 14.0. The monoisotopic (exact) mass is 380 g/mol. The van der Waals surface area contributed by atoms with Crippen LogP contribution in [0.15, 0.2) is 59.5 Å². The van der Waals surface area contributed by atoms with Crippen molar-refractivity contribution < 1.29 is 13.2 Å². The molecule has 0 saturated heterocycles. The van der Waals surface area contributed by atoms with Gasteiger partial charge in [-0.05, 0) is 42.7 Å². The van der Waals surface area contributed by atoms with Crippen molar-refractivity contribution in [1.29, 1.82) is 0 Å². The molecule has 134 valence electrons. The lowest BCUT2D eigenvalue weighted by atomic mass is 10.1. The molecule has 7 heteroatoms. The number of hydrogen-bond acceptors (Lipinski definition) is 3. The molecule has 1 N–H and O–H groups in total. The predicted molar refractivity (Wildman–Crippen MR) is 100 cm³/mol. The minimum Gasteiger partial charge on any atom is -0.325 e. The van der Waals surface area contributed by atoms with Crippen LogP contribution in [0.2, 0.25) is 0 Å². The molecule has 0 fully saturated rings. The number of carbonyl (C=O) groups is 1. The van der Waals surface area contributed by atoms with E-state index in [4.69, 9.17) is 11.6 Å². The Hall–Kier alpha value is -1.89. The van der Waals surface area contributed by atoms with E-state index in [0.717, 1.165) is 22.7 Å². The number of hydrogen-bond donors (Lipinski definition) is 1. The van der Waals surface area contributed by atoms with Gasteiger partial charge >= 0.3 is 0 Å². The molecule has 0 radical (unpaired) electrons. The van der Waals surface area contributed by atoms with Crippen LogP contribution in [-0.2, 0) is 21.2 Å². The van der Waals surface area contributed by atoms with Crippen LogP contribution in [0.4, 0.5) is 5.69 Å². The second-order valence-electron chi connectivity index (χ2n) is 5.61. The van der Waals surface area contributed by atoms with Crippen LogP contribution in [0.1, 0.15) is 12.0 Å². The van der Waals surface area contributed by atoms with Crippen molar-refractivity contribution in [3.05, 3.63) is 60.2 Å². The fraction of sp³-hybridized carbons (Fsp3) is 0.278. The van der Waals surface area contributed by atoms with E-state index in [1.807, 2.05) is 6.07 Å². The van der Waals surface area contributed by atoms with Gasteiger partial charge in [0.25, 0.3) is 0 Å². The van der Waals surface area contributed by atoms with Crippen LogP contribution in [0.3, 0.4) is 0 Å². The third-order valence-electron chi connectivity index (χ3n) is 3.65. The van der Waals surface area contributed by atoms with Crippen LogP contribution in [-0.4, -0.2) is 38.1 Å². The van der Waals surface area contributed by atoms with E-state index >= 15 is 0 Å². The maximum atomic E-state index is 12.6. The number of sulfonamides is 1. The van der Waals surface area contributed by atoms with Crippen LogP contribution in [0, 0.1) is 0 Å². The smallest absolute Gasteiger partial charge is 0.243 e. The minimum atomic E-state index is -3.72. The number of halogens is 1. The number of likely N-dealkylation sites (N-methyl/N-ethyl adjacent to an activating group) is 1. The molecule has 0 saturated carbocycles. The number of nitrogens with zero attached hydrogens (tertiary/aromatic N) is 1. The first-order valence-electron chi connectivity index (χ1n) is 7.89. The second kappa shape index (κ2) is 8.99. The number of rotatable bonds is 8. The lowest BCUT2D eigenvalue weighted by Crippen LogP contribution is -2.34. The molecule has 0 spiro atoms. The van der Waals surface area contributed by atoms with Crippen LogP contribution in [0.5, 0.6) is 0 Å². The Morgan fingerprint density at radius 1 is 1.08 bits per heavy atom. The highest BCUT2D eigenvalue weighted by atomic mass is 35.5. The van der Waals surface area contributed by atoms with E-state index in [0.29, 0.717) is 11.6 Å². The summed E-state index contributed by atoms with van der Waals surface area (Å²) in [5, 5.41) is 2.67. The molecule has 5 nitrogen and oxygen atoms in total. The summed E-state index contributed by atoms with van der Waals surface area (Å²) in [4.78, 5) is 12.2. The standard InChI is InChI=1S/C18H21ClN2O3S/c1-21(14-18(22)20-16-7-3-2-4-8-16)25(23,24)17-11-9-15(10-12-17)6-5-13-19/h2-4,7-12H,5-6,13-14H2,1H3,(H,20,22). The summed E-state index contributed by atoms with van der Waals surface area (Å²) >= 11 is 5.66. The van der Waals surface area contributed by atoms with Gasteiger partial charge in [0.15, 0.2) is 0 Å². The molecule has 2 aromatic carbocycles. The molecule has 1 amide bonds. The first kappa shape index (κ1) is 19.4. The highest BCUT2D eigenvalue weighted by Crippen LogP contribution is 2.16. The van der Waals surface area contributed by atoms with Crippen molar-refractivity contribution in [2.45, 2.75) is 17.7 Å². The third-order valence-corrected chi connectivity index (χ3v) is 5.74. The molecule has 0 bridgehead atoms. The topological polar surface area (TPSA) is 66.5 Å². The van der Waals surface area contributed by atoms with Crippen molar-refractivity contribution in [3.8, 4) is 0 Å². The molecule has 0 atom stereocenters. The summed E-state index contributed by atoms with van der Waals surface area (Å²) < 4.78 is 26.2. The minimum absolute atomic E-state index is 0.164. The third kappa shape index (κ3) is 5.56. The summed E-state index contributed by atoms with van der Waals surface area (Å²) in [5.41, 5.74) is 1.66. The SMILES string of the molecule is CN(CC(=O)Nc1ccccc1)S(=O)(=O)c1ccc(CCCCl)cc1. The van der Waals surface area contributed by atoms with Crippen LogP contribution < -0.4 is 5.32 Å². The van der Waals surface area contributed by atoms with Gasteiger partial charge in [0.05, 0.1) is 11.4 Å². The first-order valence-corrected chi connectivity index (χ1v) is 9.87. The number of carbonyl (C=O) groups excluding carboxylic acids is 1. The predicted octanol–water partition coefficient (Wildman–Crippen LogP) is 3.12. The van der Waals surface area contributed by atoms with E-state index in [1.54, 1.807) is 48.5 Å². The van der Waals surface area contributed by atoms with Gasteiger partial charge in [0.2, 0.25) is 15.9 Å². The Labute approximate surface area is 153 Å². The number of anilines is 1. The van der Waals surface area contributed by atoms with E-state index in [-0.39, 0.29) is 11.4 Å². The molecule has 0 aliphatic carbocycles. The van der Waals surface area contributed by atoms with Gasteiger partial charge in [0.1, 0.15) is 0 Å².